The van der Waals surface area contributed by atoms with Crippen molar-refractivity contribution < 1.29 is 8.94 Å². The van der Waals surface area contributed by atoms with E-state index in [1.165, 1.54) is 5.56 Å². The molecule has 4 aromatic rings. The first kappa shape index (κ1) is 16.7. The third-order valence-electron chi connectivity index (χ3n) is 4.02. The molecule has 132 valence electrons. The van der Waals surface area contributed by atoms with E-state index >= 15 is 0 Å². The second kappa shape index (κ2) is 7.21. The molecule has 0 unspecified atom stereocenters. The van der Waals surface area contributed by atoms with Gasteiger partial charge in [-0.25, -0.2) is 0 Å². The standard InChI is InChI=1S/C19H18N4O2S/c1-13-10-16(25-22-13)12-26-19-21-20-18(17-8-9-24-14(17)2)23(19)11-15-6-4-3-5-7-15/h3-10H,11-12H2,1-2H3. The van der Waals surface area contributed by atoms with Gasteiger partial charge in [0.25, 0.3) is 0 Å². The Morgan fingerprint density at radius 1 is 1.08 bits per heavy atom. The highest BCUT2D eigenvalue weighted by Crippen LogP contribution is 2.29. The molecule has 7 heteroatoms. The minimum atomic E-state index is 0.651. The Kier molecular flexibility index (Phi) is 4.62. The van der Waals surface area contributed by atoms with Crippen LogP contribution < -0.4 is 0 Å². The van der Waals surface area contributed by atoms with E-state index in [0.717, 1.165) is 33.8 Å². The minimum absolute atomic E-state index is 0.651. The van der Waals surface area contributed by atoms with Crippen molar-refractivity contribution in [2.45, 2.75) is 31.3 Å². The summed E-state index contributed by atoms with van der Waals surface area (Å²) < 4.78 is 12.9. The van der Waals surface area contributed by atoms with Crippen LogP contribution in [-0.4, -0.2) is 19.9 Å². The van der Waals surface area contributed by atoms with E-state index < -0.39 is 0 Å². The third-order valence-corrected chi connectivity index (χ3v) is 5.01. The van der Waals surface area contributed by atoms with Crippen LogP contribution in [0.1, 0.15) is 22.8 Å². The van der Waals surface area contributed by atoms with Gasteiger partial charge in [0.1, 0.15) is 11.5 Å². The molecule has 0 fully saturated rings. The second-order valence-corrected chi connectivity index (χ2v) is 6.93. The van der Waals surface area contributed by atoms with Crippen molar-refractivity contribution in [3.05, 3.63) is 71.5 Å². The van der Waals surface area contributed by atoms with Gasteiger partial charge in [-0.05, 0) is 25.5 Å². The number of hydrogen-bond donors (Lipinski definition) is 0. The Balaban J connectivity index is 1.66. The Morgan fingerprint density at radius 2 is 1.92 bits per heavy atom. The molecule has 6 nitrogen and oxygen atoms in total. The summed E-state index contributed by atoms with van der Waals surface area (Å²) in [6.45, 7) is 4.53. The molecule has 4 rings (SSSR count). The number of nitrogens with zero attached hydrogens (tertiary/aromatic N) is 4. The molecule has 3 heterocycles. The van der Waals surface area contributed by atoms with E-state index in [0.29, 0.717) is 12.3 Å². The van der Waals surface area contributed by atoms with Crippen LogP contribution in [0.4, 0.5) is 0 Å². The van der Waals surface area contributed by atoms with Gasteiger partial charge in [0.2, 0.25) is 0 Å². The van der Waals surface area contributed by atoms with Crippen LogP contribution >= 0.6 is 11.8 Å². The van der Waals surface area contributed by atoms with Crippen LogP contribution in [0.15, 0.2) is 62.8 Å². The van der Waals surface area contributed by atoms with Crippen molar-refractivity contribution in [3.8, 4) is 11.4 Å². The second-order valence-electron chi connectivity index (χ2n) is 5.99. The molecule has 0 aliphatic carbocycles. The quantitative estimate of drug-likeness (QED) is 0.469. The Morgan fingerprint density at radius 3 is 2.62 bits per heavy atom. The molecule has 0 saturated heterocycles. The lowest BCUT2D eigenvalue weighted by Crippen LogP contribution is -2.04. The molecule has 0 saturated carbocycles. The molecular weight excluding hydrogens is 348 g/mol. The van der Waals surface area contributed by atoms with Gasteiger partial charge in [0.15, 0.2) is 11.0 Å². The van der Waals surface area contributed by atoms with Crippen LogP contribution in [0.25, 0.3) is 11.4 Å². The fraction of sp³-hybridized carbons (Fsp3) is 0.211. The van der Waals surface area contributed by atoms with Crippen molar-refractivity contribution in [2.24, 2.45) is 0 Å². The van der Waals surface area contributed by atoms with Gasteiger partial charge < -0.3 is 8.94 Å². The maximum absolute atomic E-state index is 5.45. The van der Waals surface area contributed by atoms with Gasteiger partial charge in [0, 0.05) is 6.07 Å². The average molecular weight is 366 g/mol. The highest BCUT2D eigenvalue weighted by Gasteiger charge is 2.18. The molecule has 0 atom stereocenters. The maximum Gasteiger partial charge on any atom is 0.192 e. The Bertz CT molecular complexity index is 1000. The lowest BCUT2D eigenvalue weighted by Gasteiger charge is -2.09. The van der Waals surface area contributed by atoms with E-state index in [1.807, 2.05) is 44.2 Å². The number of rotatable bonds is 6. The van der Waals surface area contributed by atoms with Gasteiger partial charge in [-0.1, -0.05) is 47.3 Å². The zero-order valence-corrected chi connectivity index (χ0v) is 15.4. The van der Waals surface area contributed by atoms with E-state index in [4.69, 9.17) is 8.94 Å². The molecule has 1 aromatic carbocycles. The van der Waals surface area contributed by atoms with Crippen LogP contribution in [0.3, 0.4) is 0 Å². The smallest absolute Gasteiger partial charge is 0.192 e. The molecule has 0 N–H and O–H groups in total. The van der Waals surface area contributed by atoms with Crippen LogP contribution in [0.5, 0.6) is 0 Å². The molecular formula is C19H18N4O2S. The third kappa shape index (κ3) is 3.43. The maximum atomic E-state index is 5.45. The number of benzene rings is 1. The van der Waals surface area contributed by atoms with Crippen LogP contribution in [-0.2, 0) is 12.3 Å². The van der Waals surface area contributed by atoms with Gasteiger partial charge in [0.05, 0.1) is 29.8 Å². The normalized spacial score (nSPS) is 11.2. The van der Waals surface area contributed by atoms with Gasteiger partial charge in [-0.3, -0.25) is 4.57 Å². The molecule has 0 radical (unpaired) electrons. The van der Waals surface area contributed by atoms with Crippen molar-refractivity contribution in [3.63, 3.8) is 0 Å². The Hall–Kier alpha value is -2.80. The number of thioether (sulfide) groups is 1. The molecule has 0 aliphatic rings. The zero-order valence-electron chi connectivity index (χ0n) is 14.5. The predicted molar refractivity (Wildman–Crippen MR) is 98.8 cm³/mol. The van der Waals surface area contributed by atoms with E-state index in [2.05, 4.69) is 32.1 Å². The van der Waals surface area contributed by atoms with Crippen molar-refractivity contribution in [2.75, 3.05) is 0 Å². The first-order chi connectivity index (χ1) is 12.7. The summed E-state index contributed by atoms with van der Waals surface area (Å²) in [7, 11) is 0. The number of aryl methyl sites for hydroxylation is 2. The molecule has 3 aromatic heterocycles. The summed E-state index contributed by atoms with van der Waals surface area (Å²) in [4.78, 5) is 0. The lowest BCUT2D eigenvalue weighted by atomic mass is 10.2. The van der Waals surface area contributed by atoms with Gasteiger partial charge in [-0.15, -0.1) is 10.2 Å². The summed E-state index contributed by atoms with van der Waals surface area (Å²) in [6.07, 6.45) is 1.68. The molecule has 0 amide bonds. The first-order valence-electron chi connectivity index (χ1n) is 8.27. The molecule has 0 spiro atoms. The first-order valence-corrected chi connectivity index (χ1v) is 9.26. The SMILES string of the molecule is Cc1cc(CSc2nnc(-c3ccoc3C)n2Cc2ccccc2)on1. The average Bonchev–Trinajstić information content (AvgIpc) is 3.35. The van der Waals surface area contributed by atoms with Crippen molar-refractivity contribution in [1.29, 1.82) is 0 Å². The summed E-state index contributed by atoms with van der Waals surface area (Å²) in [5.41, 5.74) is 3.02. The summed E-state index contributed by atoms with van der Waals surface area (Å²) in [5, 5.41) is 13.6. The highest BCUT2D eigenvalue weighted by atomic mass is 32.2. The summed E-state index contributed by atoms with van der Waals surface area (Å²) in [6, 6.07) is 14.1. The molecule has 26 heavy (non-hydrogen) atoms. The lowest BCUT2D eigenvalue weighted by molar-refractivity contribution is 0.391. The van der Waals surface area contributed by atoms with Gasteiger partial charge >= 0.3 is 0 Å². The Labute approximate surface area is 155 Å². The van der Waals surface area contributed by atoms with E-state index in [9.17, 15) is 0 Å². The summed E-state index contributed by atoms with van der Waals surface area (Å²) in [5.74, 6) is 3.10. The fourth-order valence-electron chi connectivity index (χ4n) is 2.74. The van der Waals surface area contributed by atoms with Crippen molar-refractivity contribution >= 4 is 11.8 Å². The van der Waals surface area contributed by atoms with Crippen LogP contribution in [0.2, 0.25) is 0 Å². The van der Waals surface area contributed by atoms with Crippen molar-refractivity contribution in [1.82, 2.24) is 19.9 Å². The zero-order chi connectivity index (χ0) is 17.9. The van der Waals surface area contributed by atoms with Gasteiger partial charge in [-0.2, -0.15) is 0 Å². The minimum Gasteiger partial charge on any atom is -0.469 e. The summed E-state index contributed by atoms with van der Waals surface area (Å²) >= 11 is 1.58. The fourth-order valence-corrected chi connectivity index (χ4v) is 3.55. The predicted octanol–water partition coefficient (Wildman–Crippen LogP) is 4.48. The number of aromatic nitrogens is 4. The topological polar surface area (TPSA) is 69.9 Å². The highest BCUT2D eigenvalue weighted by molar-refractivity contribution is 7.98. The molecule has 0 aliphatic heterocycles. The number of furan rings is 1. The number of hydrogen-bond acceptors (Lipinski definition) is 6. The largest absolute Gasteiger partial charge is 0.469 e. The van der Waals surface area contributed by atoms with E-state index in [-0.39, 0.29) is 0 Å². The van der Waals surface area contributed by atoms with Crippen LogP contribution in [0, 0.1) is 13.8 Å². The van der Waals surface area contributed by atoms with E-state index in [1.54, 1.807) is 18.0 Å². The monoisotopic (exact) mass is 366 g/mol. The molecule has 0 bridgehead atoms.